The molecule has 1 rings (SSSR count). The van der Waals surface area contributed by atoms with Crippen LogP contribution >= 0.6 is 15.9 Å². The van der Waals surface area contributed by atoms with Crippen LogP contribution in [0.2, 0.25) is 0 Å². The Morgan fingerprint density at radius 3 is 2.53 bits per heavy atom. The minimum Gasteiger partial charge on any atom is -0.310 e. The highest BCUT2D eigenvalue weighted by molar-refractivity contribution is 9.10. The first-order chi connectivity index (χ1) is 7.04. The zero-order chi connectivity index (χ0) is 11.4. The summed E-state index contributed by atoms with van der Waals surface area (Å²) in [6.07, 6.45) is 2.23. The number of hydrogen-bond acceptors (Lipinski definition) is 1. The first-order valence-corrected chi connectivity index (χ1v) is 5.92. The number of nitrogens with one attached hydrogen (secondary N) is 1. The van der Waals surface area contributed by atoms with E-state index >= 15 is 0 Å². The minimum atomic E-state index is 0.282. The van der Waals surface area contributed by atoms with E-state index in [1.165, 1.54) is 21.2 Å². The van der Waals surface area contributed by atoms with Gasteiger partial charge in [-0.3, -0.25) is 0 Å². The lowest BCUT2D eigenvalue weighted by Crippen LogP contribution is -2.14. The van der Waals surface area contributed by atoms with Crippen LogP contribution in [-0.4, -0.2) is 7.05 Å². The summed E-state index contributed by atoms with van der Waals surface area (Å²) in [5.41, 5.74) is 3.88. The Hall–Kier alpha value is -0.600. The molecule has 0 bridgehead atoms. The van der Waals surface area contributed by atoms with Crippen LogP contribution in [0.15, 0.2) is 34.3 Å². The highest BCUT2D eigenvalue weighted by atomic mass is 79.9. The summed E-state index contributed by atoms with van der Waals surface area (Å²) in [5.74, 6) is 0. The van der Waals surface area contributed by atoms with Crippen molar-refractivity contribution >= 4 is 15.9 Å². The van der Waals surface area contributed by atoms with Crippen LogP contribution in [0.25, 0.3) is 0 Å². The summed E-state index contributed by atoms with van der Waals surface area (Å²) in [7, 11) is 1.98. The molecule has 0 aliphatic heterocycles. The smallest absolute Gasteiger partial charge is 0.0517 e. The first kappa shape index (κ1) is 12.5. The third kappa shape index (κ3) is 3.47. The monoisotopic (exact) mass is 267 g/mol. The highest BCUT2D eigenvalue weighted by Crippen LogP contribution is 2.25. The van der Waals surface area contributed by atoms with Crippen molar-refractivity contribution in [2.45, 2.75) is 26.8 Å². The molecule has 0 heterocycles. The standard InChI is InChI=1S/C13H18BrN/c1-9(2)7-13(15-4)11-6-5-10(3)8-12(11)14/h5-8,13,15H,1-4H3. The molecule has 1 N–H and O–H groups in total. The SMILES string of the molecule is CNC(C=C(C)C)c1ccc(C)cc1Br. The van der Waals surface area contributed by atoms with Crippen LogP contribution in [0, 0.1) is 6.92 Å². The van der Waals surface area contributed by atoms with Crippen LogP contribution < -0.4 is 5.32 Å². The van der Waals surface area contributed by atoms with Gasteiger partial charge in [0.15, 0.2) is 0 Å². The van der Waals surface area contributed by atoms with E-state index in [1.807, 2.05) is 7.05 Å². The number of hydrogen-bond donors (Lipinski definition) is 1. The van der Waals surface area contributed by atoms with E-state index in [2.05, 4.69) is 66.3 Å². The van der Waals surface area contributed by atoms with Gasteiger partial charge in [0, 0.05) is 4.47 Å². The summed E-state index contributed by atoms with van der Waals surface area (Å²) >= 11 is 3.61. The van der Waals surface area contributed by atoms with Gasteiger partial charge in [-0.15, -0.1) is 0 Å². The van der Waals surface area contributed by atoms with Crippen LogP contribution in [-0.2, 0) is 0 Å². The molecule has 1 nitrogen and oxygen atoms in total. The van der Waals surface area contributed by atoms with Gasteiger partial charge in [-0.25, -0.2) is 0 Å². The van der Waals surface area contributed by atoms with Crippen molar-refractivity contribution in [3.8, 4) is 0 Å². The molecule has 0 radical (unpaired) electrons. The lowest BCUT2D eigenvalue weighted by atomic mass is 10.0. The second kappa shape index (κ2) is 5.47. The van der Waals surface area contributed by atoms with Crippen molar-refractivity contribution in [3.05, 3.63) is 45.4 Å². The Morgan fingerprint density at radius 1 is 1.40 bits per heavy atom. The Balaban J connectivity index is 3.07. The molecule has 0 aliphatic rings. The molecule has 1 aromatic rings. The Labute approximate surface area is 101 Å². The molecule has 0 amide bonds. The predicted octanol–water partition coefficient (Wildman–Crippen LogP) is 3.98. The quantitative estimate of drug-likeness (QED) is 0.817. The largest absolute Gasteiger partial charge is 0.310 e. The topological polar surface area (TPSA) is 12.0 Å². The molecular formula is C13H18BrN. The molecule has 0 aliphatic carbocycles. The number of halogens is 1. The maximum Gasteiger partial charge on any atom is 0.0517 e. The van der Waals surface area contributed by atoms with Crippen molar-refractivity contribution in [1.29, 1.82) is 0 Å². The Morgan fingerprint density at radius 2 is 2.07 bits per heavy atom. The fraction of sp³-hybridized carbons (Fsp3) is 0.385. The molecule has 1 aromatic carbocycles. The maximum absolute atomic E-state index is 3.61. The fourth-order valence-corrected chi connectivity index (χ4v) is 2.29. The van der Waals surface area contributed by atoms with Crippen molar-refractivity contribution in [1.82, 2.24) is 5.32 Å². The summed E-state index contributed by atoms with van der Waals surface area (Å²) in [6.45, 7) is 6.34. The lowest BCUT2D eigenvalue weighted by molar-refractivity contribution is 0.706. The molecule has 0 spiro atoms. The molecule has 82 valence electrons. The number of benzene rings is 1. The van der Waals surface area contributed by atoms with Gasteiger partial charge in [0.1, 0.15) is 0 Å². The van der Waals surface area contributed by atoms with Gasteiger partial charge in [0.25, 0.3) is 0 Å². The molecule has 15 heavy (non-hydrogen) atoms. The molecule has 0 saturated heterocycles. The van der Waals surface area contributed by atoms with Crippen molar-refractivity contribution in [3.63, 3.8) is 0 Å². The lowest BCUT2D eigenvalue weighted by Gasteiger charge is -2.15. The second-order valence-electron chi connectivity index (χ2n) is 4.04. The highest BCUT2D eigenvalue weighted by Gasteiger charge is 2.09. The third-order valence-electron chi connectivity index (χ3n) is 2.30. The van der Waals surface area contributed by atoms with Gasteiger partial charge in [0.2, 0.25) is 0 Å². The van der Waals surface area contributed by atoms with Gasteiger partial charge in [0.05, 0.1) is 6.04 Å². The average Bonchev–Trinajstić information content (AvgIpc) is 2.14. The predicted molar refractivity (Wildman–Crippen MR) is 70.1 cm³/mol. The van der Waals surface area contributed by atoms with Crippen LogP contribution in [0.4, 0.5) is 0 Å². The van der Waals surface area contributed by atoms with E-state index in [1.54, 1.807) is 0 Å². The number of likely N-dealkylation sites (N-methyl/N-ethyl adjacent to an activating group) is 1. The van der Waals surface area contributed by atoms with E-state index in [-0.39, 0.29) is 6.04 Å². The summed E-state index contributed by atoms with van der Waals surface area (Å²) in [5, 5.41) is 3.30. The zero-order valence-corrected chi connectivity index (χ0v) is 11.4. The van der Waals surface area contributed by atoms with Crippen molar-refractivity contribution in [2.75, 3.05) is 7.05 Å². The van der Waals surface area contributed by atoms with Crippen LogP contribution in [0.5, 0.6) is 0 Å². The molecular weight excluding hydrogens is 250 g/mol. The summed E-state index contributed by atoms with van der Waals surface area (Å²) in [6, 6.07) is 6.74. The molecule has 0 saturated carbocycles. The first-order valence-electron chi connectivity index (χ1n) is 5.13. The number of allylic oxidation sites excluding steroid dienone is 1. The third-order valence-corrected chi connectivity index (χ3v) is 2.99. The van der Waals surface area contributed by atoms with E-state index < -0.39 is 0 Å². The Kier molecular flexibility index (Phi) is 4.55. The van der Waals surface area contributed by atoms with Gasteiger partial charge >= 0.3 is 0 Å². The fourth-order valence-electron chi connectivity index (χ4n) is 1.55. The van der Waals surface area contributed by atoms with Gasteiger partial charge in [-0.2, -0.15) is 0 Å². The Bertz CT molecular complexity index is 365. The van der Waals surface area contributed by atoms with Crippen molar-refractivity contribution in [2.24, 2.45) is 0 Å². The molecule has 1 atom stereocenters. The second-order valence-corrected chi connectivity index (χ2v) is 4.89. The number of rotatable bonds is 3. The van der Waals surface area contributed by atoms with Gasteiger partial charge < -0.3 is 5.32 Å². The molecule has 0 fully saturated rings. The van der Waals surface area contributed by atoms with Crippen LogP contribution in [0.1, 0.15) is 31.0 Å². The normalized spacial score (nSPS) is 12.3. The minimum absolute atomic E-state index is 0.282. The summed E-state index contributed by atoms with van der Waals surface area (Å²) < 4.78 is 1.17. The summed E-state index contributed by atoms with van der Waals surface area (Å²) in [4.78, 5) is 0. The molecule has 2 heteroatoms. The maximum atomic E-state index is 3.61. The zero-order valence-electron chi connectivity index (χ0n) is 9.76. The van der Waals surface area contributed by atoms with Crippen LogP contribution in [0.3, 0.4) is 0 Å². The van der Waals surface area contributed by atoms with E-state index in [0.717, 1.165) is 0 Å². The van der Waals surface area contributed by atoms with E-state index in [0.29, 0.717) is 0 Å². The van der Waals surface area contributed by atoms with E-state index in [4.69, 9.17) is 0 Å². The average molecular weight is 268 g/mol. The number of aryl methyl sites for hydroxylation is 1. The molecule has 0 aromatic heterocycles. The van der Waals surface area contributed by atoms with Crippen molar-refractivity contribution < 1.29 is 0 Å². The molecule has 1 unspecified atom stereocenters. The van der Waals surface area contributed by atoms with Gasteiger partial charge in [-0.1, -0.05) is 39.7 Å². The van der Waals surface area contributed by atoms with E-state index in [9.17, 15) is 0 Å². The van der Waals surface area contributed by atoms with Gasteiger partial charge in [-0.05, 0) is 45.0 Å².